The third-order valence-electron chi connectivity index (χ3n) is 2.13. The van der Waals surface area contributed by atoms with Crippen molar-refractivity contribution >= 4 is 34.8 Å². The lowest BCUT2D eigenvalue weighted by molar-refractivity contribution is 0.0930. The van der Waals surface area contributed by atoms with Crippen LogP contribution in [0.15, 0.2) is 12.1 Å². The number of nitrogens with one attached hydrogen (secondary N) is 1. The van der Waals surface area contributed by atoms with Gasteiger partial charge < -0.3 is 11.1 Å². The Morgan fingerprint density at radius 2 is 1.88 bits per heavy atom. The number of rotatable bonds is 2. The first-order valence-electron chi connectivity index (χ1n) is 4.81. The van der Waals surface area contributed by atoms with E-state index in [-0.39, 0.29) is 21.6 Å². The van der Waals surface area contributed by atoms with E-state index in [0.717, 1.165) is 0 Å². The second-order valence-corrected chi connectivity index (χ2v) is 4.89. The summed E-state index contributed by atoms with van der Waals surface area (Å²) < 4.78 is 0. The lowest BCUT2D eigenvalue weighted by Crippen LogP contribution is -2.42. The van der Waals surface area contributed by atoms with Crippen molar-refractivity contribution in [3.8, 4) is 12.3 Å². The van der Waals surface area contributed by atoms with Gasteiger partial charge in [0.25, 0.3) is 5.91 Å². The molecule has 1 rings (SSSR count). The maximum atomic E-state index is 11.9. The number of carbonyl (C=O) groups is 1. The van der Waals surface area contributed by atoms with Crippen LogP contribution in [0.2, 0.25) is 10.0 Å². The highest BCUT2D eigenvalue weighted by molar-refractivity contribution is 6.39. The summed E-state index contributed by atoms with van der Waals surface area (Å²) in [4.78, 5) is 11.9. The van der Waals surface area contributed by atoms with Gasteiger partial charge in [-0.05, 0) is 26.0 Å². The number of amides is 1. The van der Waals surface area contributed by atoms with E-state index in [2.05, 4.69) is 11.2 Å². The van der Waals surface area contributed by atoms with Crippen molar-refractivity contribution in [2.24, 2.45) is 0 Å². The Morgan fingerprint density at radius 1 is 1.41 bits per heavy atom. The molecule has 0 aliphatic heterocycles. The van der Waals surface area contributed by atoms with Crippen LogP contribution < -0.4 is 11.1 Å². The normalized spacial score (nSPS) is 10.8. The molecule has 90 valence electrons. The van der Waals surface area contributed by atoms with Gasteiger partial charge in [-0.2, -0.15) is 0 Å². The average Bonchev–Trinajstić information content (AvgIpc) is 2.24. The van der Waals surface area contributed by atoms with Gasteiger partial charge in [-0.25, -0.2) is 0 Å². The second kappa shape index (κ2) is 4.87. The zero-order chi connectivity index (χ0) is 13.2. The Kier molecular flexibility index (Phi) is 3.92. The molecule has 0 spiro atoms. The first-order valence-corrected chi connectivity index (χ1v) is 5.57. The predicted molar refractivity (Wildman–Crippen MR) is 71.3 cm³/mol. The van der Waals surface area contributed by atoms with E-state index >= 15 is 0 Å². The molecular formula is C12H12Cl2N2O. The summed E-state index contributed by atoms with van der Waals surface area (Å²) in [5.74, 6) is 2.11. The molecule has 1 aromatic rings. The summed E-state index contributed by atoms with van der Waals surface area (Å²) in [6.45, 7) is 3.43. The van der Waals surface area contributed by atoms with Crippen LogP contribution in [0.4, 0.5) is 5.69 Å². The quantitative estimate of drug-likeness (QED) is 0.642. The minimum Gasteiger partial charge on any atom is -0.396 e. The molecule has 3 nitrogen and oxygen atoms in total. The van der Waals surface area contributed by atoms with Gasteiger partial charge in [0, 0.05) is 5.56 Å². The number of benzene rings is 1. The van der Waals surface area contributed by atoms with E-state index in [9.17, 15) is 4.79 Å². The van der Waals surface area contributed by atoms with E-state index in [1.54, 1.807) is 13.8 Å². The fourth-order valence-electron chi connectivity index (χ4n) is 1.11. The summed E-state index contributed by atoms with van der Waals surface area (Å²) in [6.07, 6.45) is 5.28. The SMILES string of the molecule is C#CC(C)(C)NC(=O)c1cc(Cl)c(N)c(Cl)c1. The number of hydrogen-bond donors (Lipinski definition) is 2. The van der Waals surface area contributed by atoms with Gasteiger partial charge >= 0.3 is 0 Å². The number of nitrogens with two attached hydrogens (primary N) is 1. The Hall–Kier alpha value is -1.37. The van der Waals surface area contributed by atoms with Crippen LogP contribution in [0.25, 0.3) is 0 Å². The largest absolute Gasteiger partial charge is 0.396 e. The maximum Gasteiger partial charge on any atom is 0.252 e. The fraction of sp³-hybridized carbons (Fsp3) is 0.250. The molecule has 1 aromatic carbocycles. The maximum absolute atomic E-state index is 11.9. The van der Waals surface area contributed by atoms with Crippen molar-refractivity contribution in [1.82, 2.24) is 5.32 Å². The van der Waals surface area contributed by atoms with Gasteiger partial charge in [-0.3, -0.25) is 4.79 Å². The zero-order valence-electron chi connectivity index (χ0n) is 9.47. The second-order valence-electron chi connectivity index (χ2n) is 4.08. The van der Waals surface area contributed by atoms with Gasteiger partial charge in [-0.15, -0.1) is 6.42 Å². The van der Waals surface area contributed by atoms with Crippen LogP contribution in [0, 0.1) is 12.3 Å². The van der Waals surface area contributed by atoms with Gasteiger partial charge in [-0.1, -0.05) is 29.1 Å². The van der Waals surface area contributed by atoms with E-state index in [1.165, 1.54) is 12.1 Å². The molecule has 3 N–H and O–H groups in total. The molecule has 0 unspecified atom stereocenters. The summed E-state index contributed by atoms with van der Waals surface area (Å²) in [7, 11) is 0. The molecule has 0 fully saturated rings. The Bertz CT molecular complexity index is 481. The van der Waals surface area contributed by atoms with Crippen LogP contribution in [0.5, 0.6) is 0 Å². The van der Waals surface area contributed by atoms with Crippen molar-refractivity contribution in [3.05, 3.63) is 27.7 Å². The summed E-state index contributed by atoms with van der Waals surface area (Å²) in [5, 5.41) is 3.14. The molecule has 1 amide bonds. The predicted octanol–water partition coefficient (Wildman–Crippen LogP) is 2.72. The van der Waals surface area contributed by atoms with Crippen LogP contribution >= 0.6 is 23.2 Å². The topological polar surface area (TPSA) is 55.1 Å². The van der Waals surface area contributed by atoms with Crippen molar-refractivity contribution in [1.29, 1.82) is 0 Å². The first-order chi connectivity index (χ1) is 7.76. The first kappa shape index (κ1) is 13.7. The molecule has 17 heavy (non-hydrogen) atoms. The highest BCUT2D eigenvalue weighted by Crippen LogP contribution is 2.28. The molecule has 0 aliphatic carbocycles. The molecule has 0 bridgehead atoms. The number of hydrogen-bond acceptors (Lipinski definition) is 2. The third-order valence-corrected chi connectivity index (χ3v) is 2.75. The molecule has 0 heterocycles. The standard InChI is InChI=1S/C12H12Cl2N2O/c1-4-12(2,3)16-11(17)7-5-8(13)10(15)9(14)6-7/h1,5-6H,15H2,2-3H3,(H,16,17). The molecule has 0 atom stereocenters. The molecule has 0 aromatic heterocycles. The zero-order valence-corrected chi connectivity index (χ0v) is 11.0. The Labute approximate surface area is 110 Å². The third kappa shape index (κ3) is 3.29. The average molecular weight is 271 g/mol. The van der Waals surface area contributed by atoms with E-state index in [1.807, 2.05) is 0 Å². The van der Waals surface area contributed by atoms with Gasteiger partial charge in [0.1, 0.15) is 0 Å². The van der Waals surface area contributed by atoms with Crippen LogP contribution in [-0.4, -0.2) is 11.4 Å². The highest BCUT2D eigenvalue weighted by Gasteiger charge is 2.19. The lowest BCUT2D eigenvalue weighted by Gasteiger charge is -2.19. The monoisotopic (exact) mass is 270 g/mol. The van der Waals surface area contributed by atoms with E-state index in [4.69, 9.17) is 35.4 Å². The number of anilines is 1. The smallest absolute Gasteiger partial charge is 0.252 e. The molecule has 0 saturated heterocycles. The lowest BCUT2D eigenvalue weighted by atomic mass is 10.1. The Balaban J connectivity index is 3.03. The molecule has 5 heteroatoms. The summed E-state index contributed by atoms with van der Waals surface area (Å²) in [6, 6.07) is 2.90. The molecular weight excluding hydrogens is 259 g/mol. The van der Waals surface area contributed by atoms with E-state index in [0.29, 0.717) is 5.56 Å². The van der Waals surface area contributed by atoms with Crippen molar-refractivity contribution < 1.29 is 4.79 Å². The number of nitrogen functional groups attached to an aromatic ring is 1. The summed E-state index contributed by atoms with van der Waals surface area (Å²) >= 11 is 11.7. The van der Waals surface area contributed by atoms with Crippen LogP contribution in [-0.2, 0) is 0 Å². The van der Waals surface area contributed by atoms with Gasteiger partial charge in [0.15, 0.2) is 0 Å². The molecule has 0 saturated carbocycles. The van der Waals surface area contributed by atoms with Gasteiger partial charge in [0.2, 0.25) is 0 Å². The van der Waals surface area contributed by atoms with Crippen molar-refractivity contribution in [3.63, 3.8) is 0 Å². The summed E-state index contributed by atoms with van der Waals surface area (Å²) in [5.41, 5.74) is 5.41. The minimum atomic E-state index is -0.739. The van der Waals surface area contributed by atoms with Crippen molar-refractivity contribution in [2.75, 3.05) is 5.73 Å². The van der Waals surface area contributed by atoms with Crippen LogP contribution in [0.1, 0.15) is 24.2 Å². The minimum absolute atomic E-state index is 0.237. The number of halogens is 2. The van der Waals surface area contributed by atoms with E-state index < -0.39 is 5.54 Å². The van der Waals surface area contributed by atoms with Crippen LogP contribution in [0.3, 0.4) is 0 Å². The fourth-order valence-corrected chi connectivity index (χ4v) is 1.59. The molecule has 0 radical (unpaired) electrons. The number of carbonyl (C=O) groups excluding carboxylic acids is 1. The molecule has 0 aliphatic rings. The highest BCUT2D eigenvalue weighted by atomic mass is 35.5. The Morgan fingerprint density at radius 3 is 2.29 bits per heavy atom. The number of terminal acetylenes is 1. The van der Waals surface area contributed by atoms with Gasteiger partial charge in [0.05, 0.1) is 21.3 Å². The van der Waals surface area contributed by atoms with Crippen molar-refractivity contribution in [2.45, 2.75) is 19.4 Å².